The summed E-state index contributed by atoms with van der Waals surface area (Å²) in [7, 11) is 1.76. The number of amides is 1. The molecule has 1 aromatic heterocycles. The zero-order valence-corrected chi connectivity index (χ0v) is 14.2. The molecule has 3 rings (SSSR count). The van der Waals surface area contributed by atoms with Gasteiger partial charge in [0.25, 0.3) is 0 Å². The lowest BCUT2D eigenvalue weighted by atomic mass is 10.0. The van der Waals surface area contributed by atoms with Crippen molar-refractivity contribution in [2.75, 3.05) is 0 Å². The van der Waals surface area contributed by atoms with Gasteiger partial charge in [-0.15, -0.1) is 0 Å². The van der Waals surface area contributed by atoms with Crippen molar-refractivity contribution in [2.24, 2.45) is 24.3 Å². The molecule has 1 aliphatic carbocycles. The molecule has 2 N–H and O–H groups in total. The molecule has 0 radical (unpaired) electrons. The van der Waals surface area contributed by atoms with Gasteiger partial charge in [-0.1, -0.05) is 26.0 Å². The molecule has 2 aromatic rings. The van der Waals surface area contributed by atoms with Crippen molar-refractivity contribution in [1.29, 1.82) is 0 Å². The van der Waals surface area contributed by atoms with Gasteiger partial charge in [-0.05, 0) is 23.1 Å². The Bertz CT molecular complexity index is 813. The zero-order chi connectivity index (χ0) is 18.4. The Kier molecular flexibility index (Phi) is 4.10. The van der Waals surface area contributed by atoms with E-state index in [0.29, 0.717) is 5.56 Å². The predicted octanol–water partition coefficient (Wildman–Crippen LogP) is 2.12. The number of carbonyl (C=O) groups is 2. The molecule has 1 aromatic carbocycles. The molecule has 1 fully saturated rings. The summed E-state index contributed by atoms with van der Waals surface area (Å²) in [4.78, 5) is 24.0. The van der Waals surface area contributed by atoms with Gasteiger partial charge in [0.1, 0.15) is 5.82 Å². The molecular formula is C18H20FN3O3. The fourth-order valence-corrected chi connectivity index (χ4v) is 3.42. The van der Waals surface area contributed by atoms with Gasteiger partial charge in [-0.25, -0.2) is 4.39 Å². The fraction of sp³-hybridized carbons (Fsp3) is 0.389. The Morgan fingerprint density at radius 3 is 2.36 bits per heavy atom. The molecule has 1 unspecified atom stereocenters. The van der Waals surface area contributed by atoms with Gasteiger partial charge in [0, 0.05) is 18.8 Å². The van der Waals surface area contributed by atoms with Crippen molar-refractivity contribution in [3.8, 4) is 0 Å². The number of carboxylic acid groups (broad SMARTS) is 1. The number of hydrogen-bond donors (Lipinski definition) is 2. The number of aromatic nitrogens is 2. The molecule has 25 heavy (non-hydrogen) atoms. The molecule has 1 heterocycles. The van der Waals surface area contributed by atoms with Crippen LogP contribution >= 0.6 is 0 Å². The number of carbonyl (C=O) groups excluding carboxylic acids is 1. The minimum absolute atomic E-state index is 0.324. The number of halogens is 1. The molecule has 7 heteroatoms. The maximum atomic E-state index is 13.2. The summed E-state index contributed by atoms with van der Waals surface area (Å²) < 4.78 is 14.8. The highest BCUT2D eigenvalue weighted by Crippen LogP contribution is 2.58. The average Bonchev–Trinajstić information content (AvgIpc) is 2.88. The first-order valence-electron chi connectivity index (χ1n) is 7.99. The highest BCUT2D eigenvalue weighted by Gasteiger charge is 2.66. The molecule has 132 valence electrons. The van der Waals surface area contributed by atoms with Crippen molar-refractivity contribution in [2.45, 2.75) is 19.9 Å². The number of aryl methyl sites for hydroxylation is 1. The topological polar surface area (TPSA) is 84.2 Å². The Morgan fingerprint density at radius 1 is 1.24 bits per heavy atom. The summed E-state index contributed by atoms with van der Waals surface area (Å²) >= 11 is 0. The first-order valence-corrected chi connectivity index (χ1v) is 7.99. The number of carboxylic acids is 1. The number of benzene rings is 1. The van der Waals surface area contributed by atoms with Crippen LogP contribution in [0.5, 0.6) is 0 Å². The van der Waals surface area contributed by atoms with Crippen LogP contribution in [0.4, 0.5) is 4.39 Å². The largest absolute Gasteiger partial charge is 0.481 e. The second kappa shape index (κ2) is 5.98. The average molecular weight is 345 g/mol. The van der Waals surface area contributed by atoms with Gasteiger partial charge in [0.05, 0.1) is 24.1 Å². The van der Waals surface area contributed by atoms with Crippen LogP contribution < -0.4 is 5.32 Å². The maximum Gasteiger partial charge on any atom is 0.307 e. The molecule has 1 amide bonds. The number of aliphatic carboxylic acids is 1. The lowest BCUT2D eigenvalue weighted by Crippen LogP contribution is -2.32. The molecule has 1 saturated carbocycles. The molecule has 3 atom stereocenters. The van der Waals surface area contributed by atoms with Crippen molar-refractivity contribution in [1.82, 2.24) is 15.1 Å². The third kappa shape index (κ3) is 3.14. The van der Waals surface area contributed by atoms with Gasteiger partial charge in [-0.2, -0.15) is 5.10 Å². The number of hydrogen-bond acceptors (Lipinski definition) is 3. The molecular weight excluding hydrogens is 325 g/mol. The summed E-state index contributed by atoms with van der Waals surface area (Å²) in [6.07, 6.45) is 3.39. The fourth-order valence-electron chi connectivity index (χ4n) is 3.42. The standard InChI is InChI=1S/C18H20FN3O3/c1-18(2)13(14(18)17(24)25)16(23)21-15(11-8-20-22(3)9-11)10-4-6-12(19)7-5-10/h4-9,13-15H,1-3H3,(H,21,23)(H,24,25)/t13-,14+,15?/m0/s1. The SMILES string of the molecule is Cn1cc(C(NC(=O)[C@@H]2[C@H](C(=O)O)C2(C)C)c2ccc(F)cc2)cn1. The van der Waals surface area contributed by atoms with Crippen LogP contribution in [0.1, 0.15) is 31.0 Å². The van der Waals surface area contributed by atoms with Crippen molar-refractivity contribution < 1.29 is 19.1 Å². The van der Waals surface area contributed by atoms with Crippen LogP contribution in [-0.4, -0.2) is 26.8 Å². The molecule has 0 aliphatic heterocycles. The molecule has 0 bridgehead atoms. The summed E-state index contributed by atoms with van der Waals surface area (Å²) in [5, 5.41) is 16.3. The number of nitrogens with one attached hydrogen (secondary N) is 1. The highest BCUT2D eigenvalue weighted by atomic mass is 19.1. The molecule has 6 nitrogen and oxygen atoms in total. The third-order valence-corrected chi connectivity index (χ3v) is 4.92. The summed E-state index contributed by atoms with van der Waals surface area (Å²) in [6.45, 7) is 3.54. The van der Waals surface area contributed by atoms with E-state index in [9.17, 15) is 19.1 Å². The Morgan fingerprint density at radius 2 is 1.88 bits per heavy atom. The van der Waals surface area contributed by atoms with E-state index in [2.05, 4.69) is 10.4 Å². The van der Waals surface area contributed by atoms with Crippen molar-refractivity contribution >= 4 is 11.9 Å². The summed E-state index contributed by atoms with van der Waals surface area (Å²) in [5.74, 6) is -2.95. The second-order valence-corrected chi connectivity index (χ2v) is 7.06. The Balaban J connectivity index is 1.87. The molecule has 0 spiro atoms. The quantitative estimate of drug-likeness (QED) is 0.869. The Labute approximate surface area is 144 Å². The predicted molar refractivity (Wildman–Crippen MR) is 88.0 cm³/mol. The third-order valence-electron chi connectivity index (χ3n) is 4.92. The summed E-state index contributed by atoms with van der Waals surface area (Å²) in [5.41, 5.74) is 0.860. The van der Waals surface area contributed by atoms with E-state index in [0.717, 1.165) is 5.56 Å². The maximum absolute atomic E-state index is 13.2. The van der Waals surface area contributed by atoms with Gasteiger partial charge in [0.15, 0.2) is 0 Å². The van der Waals surface area contributed by atoms with Gasteiger partial charge in [-0.3, -0.25) is 14.3 Å². The first kappa shape index (κ1) is 17.1. The van der Waals surface area contributed by atoms with Crippen molar-refractivity contribution in [3.05, 3.63) is 53.6 Å². The van der Waals surface area contributed by atoms with E-state index in [1.54, 1.807) is 50.1 Å². The van der Waals surface area contributed by atoms with E-state index < -0.39 is 29.3 Å². The number of rotatable bonds is 5. The number of nitrogens with zero attached hydrogens (tertiary/aromatic N) is 2. The second-order valence-electron chi connectivity index (χ2n) is 7.06. The highest BCUT2D eigenvalue weighted by molar-refractivity contribution is 5.92. The van der Waals surface area contributed by atoms with E-state index in [1.165, 1.54) is 12.1 Å². The Hall–Kier alpha value is -2.70. The van der Waals surface area contributed by atoms with Crippen LogP contribution in [0.3, 0.4) is 0 Å². The lowest BCUT2D eigenvalue weighted by molar-refractivity contribution is -0.140. The van der Waals surface area contributed by atoms with Crippen LogP contribution in [0.2, 0.25) is 0 Å². The smallest absolute Gasteiger partial charge is 0.307 e. The van der Waals surface area contributed by atoms with Gasteiger partial charge >= 0.3 is 5.97 Å². The van der Waals surface area contributed by atoms with E-state index >= 15 is 0 Å². The van der Waals surface area contributed by atoms with E-state index in [1.807, 2.05) is 0 Å². The minimum atomic E-state index is -0.968. The zero-order valence-electron chi connectivity index (χ0n) is 14.2. The normalized spacial score (nSPS) is 22.2. The minimum Gasteiger partial charge on any atom is -0.481 e. The van der Waals surface area contributed by atoms with Crippen LogP contribution in [0, 0.1) is 23.1 Å². The van der Waals surface area contributed by atoms with Crippen LogP contribution in [-0.2, 0) is 16.6 Å². The first-order chi connectivity index (χ1) is 11.7. The van der Waals surface area contributed by atoms with Gasteiger partial charge < -0.3 is 10.4 Å². The monoisotopic (exact) mass is 345 g/mol. The molecule has 0 saturated heterocycles. The summed E-state index contributed by atoms with van der Waals surface area (Å²) in [6, 6.07) is 5.32. The van der Waals surface area contributed by atoms with Gasteiger partial charge in [0.2, 0.25) is 5.91 Å². The van der Waals surface area contributed by atoms with E-state index in [-0.39, 0.29) is 11.7 Å². The van der Waals surface area contributed by atoms with Crippen molar-refractivity contribution in [3.63, 3.8) is 0 Å². The van der Waals surface area contributed by atoms with Crippen LogP contribution in [0.25, 0.3) is 0 Å². The van der Waals surface area contributed by atoms with E-state index in [4.69, 9.17) is 0 Å². The molecule has 1 aliphatic rings. The van der Waals surface area contributed by atoms with Crippen LogP contribution in [0.15, 0.2) is 36.7 Å². The lowest BCUT2D eigenvalue weighted by Gasteiger charge is -2.18.